The van der Waals surface area contributed by atoms with Crippen molar-refractivity contribution in [2.24, 2.45) is 0 Å². The SMILES string of the molecule is Cc1ccc(NC(=O)c2cc3c(s2)CCCCC3)c(OCC2CCCO2)c1. The number of amides is 1. The zero-order chi connectivity index (χ0) is 18.6. The quantitative estimate of drug-likeness (QED) is 0.725. The first-order valence-corrected chi connectivity index (χ1v) is 10.8. The lowest BCUT2D eigenvalue weighted by molar-refractivity contribution is 0.0681. The van der Waals surface area contributed by atoms with Gasteiger partial charge < -0.3 is 14.8 Å². The first-order valence-electron chi connectivity index (χ1n) is 9.97. The molecule has 0 radical (unpaired) electrons. The first-order chi connectivity index (χ1) is 13.2. The molecule has 1 saturated heterocycles. The molecule has 0 saturated carbocycles. The van der Waals surface area contributed by atoms with Gasteiger partial charge in [0.25, 0.3) is 5.91 Å². The van der Waals surface area contributed by atoms with E-state index in [1.54, 1.807) is 11.3 Å². The molecule has 2 aliphatic rings. The molecule has 4 rings (SSSR count). The molecule has 1 unspecified atom stereocenters. The molecule has 0 bridgehead atoms. The zero-order valence-electron chi connectivity index (χ0n) is 15.9. The number of carbonyl (C=O) groups excluding carboxylic acids is 1. The summed E-state index contributed by atoms with van der Waals surface area (Å²) in [7, 11) is 0. The maximum atomic E-state index is 12.8. The standard InChI is InChI=1S/C22H27NO3S/c1-15-9-10-18(19(12-15)26-14-17-7-5-11-25-17)23-22(24)21-13-16-6-3-2-4-8-20(16)27-21/h9-10,12-13,17H,2-8,11,14H2,1H3,(H,23,24). The van der Waals surface area contributed by atoms with Crippen LogP contribution in [0.1, 0.15) is 57.8 Å². The van der Waals surface area contributed by atoms with E-state index in [1.807, 2.05) is 25.1 Å². The van der Waals surface area contributed by atoms with Crippen molar-refractivity contribution in [2.75, 3.05) is 18.5 Å². The number of benzene rings is 1. The number of anilines is 1. The second kappa shape index (κ2) is 8.44. The van der Waals surface area contributed by atoms with Gasteiger partial charge in [0.05, 0.1) is 16.7 Å². The van der Waals surface area contributed by atoms with Crippen molar-refractivity contribution in [1.29, 1.82) is 0 Å². The summed E-state index contributed by atoms with van der Waals surface area (Å²) in [6.45, 7) is 3.37. The molecule has 27 heavy (non-hydrogen) atoms. The van der Waals surface area contributed by atoms with Crippen LogP contribution >= 0.6 is 11.3 Å². The summed E-state index contributed by atoms with van der Waals surface area (Å²) in [6, 6.07) is 7.99. The Morgan fingerprint density at radius 2 is 2.11 bits per heavy atom. The van der Waals surface area contributed by atoms with Crippen molar-refractivity contribution >= 4 is 22.9 Å². The molecule has 5 heteroatoms. The second-order valence-corrected chi connectivity index (χ2v) is 8.66. The lowest BCUT2D eigenvalue weighted by Gasteiger charge is -2.15. The molecule has 1 aromatic heterocycles. The van der Waals surface area contributed by atoms with Crippen molar-refractivity contribution in [3.05, 3.63) is 45.1 Å². The number of thiophene rings is 1. The number of nitrogens with one attached hydrogen (secondary N) is 1. The number of carbonyl (C=O) groups is 1. The summed E-state index contributed by atoms with van der Waals surface area (Å²) in [6.07, 6.45) is 8.23. The number of aryl methyl sites for hydroxylation is 3. The summed E-state index contributed by atoms with van der Waals surface area (Å²) < 4.78 is 11.6. The van der Waals surface area contributed by atoms with Crippen LogP contribution in [0.4, 0.5) is 5.69 Å². The minimum atomic E-state index is -0.0427. The van der Waals surface area contributed by atoms with Crippen molar-refractivity contribution in [1.82, 2.24) is 0 Å². The lowest BCUT2D eigenvalue weighted by Crippen LogP contribution is -2.18. The minimum Gasteiger partial charge on any atom is -0.489 e. The van der Waals surface area contributed by atoms with E-state index >= 15 is 0 Å². The molecule has 2 heterocycles. The maximum absolute atomic E-state index is 12.8. The van der Waals surface area contributed by atoms with Gasteiger partial charge in [0.2, 0.25) is 0 Å². The van der Waals surface area contributed by atoms with E-state index < -0.39 is 0 Å². The maximum Gasteiger partial charge on any atom is 0.265 e. The fraction of sp³-hybridized carbons (Fsp3) is 0.500. The molecule has 2 aromatic rings. The highest BCUT2D eigenvalue weighted by atomic mass is 32.1. The highest BCUT2D eigenvalue weighted by Gasteiger charge is 2.19. The van der Waals surface area contributed by atoms with Gasteiger partial charge in [-0.15, -0.1) is 11.3 Å². The van der Waals surface area contributed by atoms with Crippen LogP contribution in [0, 0.1) is 6.92 Å². The third kappa shape index (κ3) is 4.53. The largest absolute Gasteiger partial charge is 0.489 e. The van der Waals surface area contributed by atoms with Gasteiger partial charge in [0, 0.05) is 11.5 Å². The molecule has 1 N–H and O–H groups in total. The van der Waals surface area contributed by atoms with Gasteiger partial charge in [-0.1, -0.05) is 12.5 Å². The van der Waals surface area contributed by atoms with E-state index in [9.17, 15) is 4.79 Å². The highest BCUT2D eigenvalue weighted by Crippen LogP contribution is 2.31. The molecule has 1 fully saturated rings. The van der Waals surface area contributed by atoms with E-state index in [0.717, 1.165) is 54.2 Å². The van der Waals surface area contributed by atoms with Crippen molar-refractivity contribution in [3.63, 3.8) is 0 Å². The molecule has 1 aliphatic carbocycles. The first kappa shape index (κ1) is 18.5. The Kier molecular flexibility index (Phi) is 5.79. The summed E-state index contributed by atoms with van der Waals surface area (Å²) >= 11 is 1.65. The van der Waals surface area contributed by atoms with E-state index in [-0.39, 0.29) is 12.0 Å². The van der Waals surface area contributed by atoms with Crippen LogP contribution < -0.4 is 10.1 Å². The van der Waals surface area contributed by atoms with Crippen LogP contribution in [0.25, 0.3) is 0 Å². The topological polar surface area (TPSA) is 47.6 Å². The highest BCUT2D eigenvalue weighted by molar-refractivity contribution is 7.14. The molecule has 4 nitrogen and oxygen atoms in total. The Hall–Kier alpha value is -1.85. The lowest BCUT2D eigenvalue weighted by atomic mass is 10.1. The number of hydrogen-bond acceptors (Lipinski definition) is 4. The van der Waals surface area contributed by atoms with Gasteiger partial charge in [-0.25, -0.2) is 0 Å². The van der Waals surface area contributed by atoms with E-state index in [2.05, 4.69) is 11.4 Å². The van der Waals surface area contributed by atoms with Gasteiger partial charge in [-0.2, -0.15) is 0 Å². The van der Waals surface area contributed by atoms with Gasteiger partial charge >= 0.3 is 0 Å². The van der Waals surface area contributed by atoms with Gasteiger partial charge in [-0.05, 0) is 74.8 Å². The summed E-state index contributed by atoms with van der Waals surface area (Å²) in [5.41, 5.74) is 3.20. The molecule has 144 valence electrons. The summed E-state index contributed by atoms with van der Waals surface area (Å²) in [5.74, 6) is 0.677. The zero-order valence-corrected chi connectivity index (χ0v) is 16.7. The van der Waals surface area contributed by atoms with Crippen molar-refractivity contribution in [3.8, 4) is 5.75 Å². The molecule has 1 aliphatic heterocycles. The van der Waals surface area contributed by atoms with E-state index in [0.29, 0.717) is 6.61 Å². The van der Waals surface area contributed by atoms with Crippen LogP contribution in [0.15, 0.2) is 24.3 Å². The monoisotopic (exact) mass is 385 g/mol. The molecule has 1 aromatic carbocycles. The number of fused-ring (bicyclic) bond motifs is 1. The summed E-state index contributed by atoms with van der Waals surface area (Å²) in [5, 5.41) is 3.06. The van der Waals surface area contributed by atoms with Crippen LogP contribution in [0.5, 0.6) is 5.75 Å². The second-order valence-electron chi connectivity index (χ2n) is 7.52. The predicted molar refractivity (Wildman–Crippen MR) is 109 cm³/mol. The Balaban J connectivity index is 1.47. The average Bonchev–Trinajstić information content (AvgIpc) is 3.27. The molecule has 1 atom stereocenters. The Morgan fingerprint density at radius 1 is 1.22 bits per heavy atom. The average molecular weight is 386 g/mol. The third-order valence-electron chi connectivity index (χ3n) is 5.30. The predicted octanol–water partition coefficient (Wildman–Crippen LogP) is 5.14. The third-order valence-corrected chi connectivity index (χ3v) is 6.54. The normalized spacial score (nSPS) is 19.4. The fourth-order valence-electron chi connectivity index (χ4n) is 3.77. The van der Waals surface area contributed by atoms with Crippen LogP contribution in [-0.4, -0.2) is 25.2 Å². The van der Waals surface area contributed by atoms with Gasteiger partial charge in [0.15, 0.2) is 0 Å². The Labute approximate surface area is 164 Å². The van der Waals surface area contributed by atoms with E-state index in [4.69, 9.17) is 9.47 Å². The molecule has 1 amide bonds. The van der Waals surface area contributed by atoms with Crippen LogP contribution in [0.2, 0.25) is 0 Å². The molecule has 0 spiro atoms. The van der Waals surface area contributed by atoms with Crippen LogP contribution in [-0.2, 0) is 17.6 Å². The Morgan fingerprint density at radius 3 is 2.96 bits per heavy atom. The van der Waals surface area contributed by atoms with Gasteiger partial charge in [0.1, 0.15) is 12.4 Å². The smallest absolute Gasteiger partial charge is 0.265 e. The number of ether oxygens (including phenoxy) is 2. The fourth-order valence-corrected chi connectivity index (χ4v) is 4.92. The summed E-state index contributed by atoms with van der Waals surface area (Å²) in [4.78, 5) is 15.0. The van der Waals surface area contributed by atoms with Crippen molar-refractivity contribution < 1.29 is 14.3 Å². The van der Waals surface area contributed by atoms with Crippen LogP contribution in [0.3, 0.4) is 0 Å². The molecular weight excluding hydrogens is 358 g/mol. The number of hydrogen-bond donors (Lipinski definition) is 1. The van der Waals surface area contributed by atoms with Gasteiger partial charge in [-0.3, -0.25) is 4.79 Å². The Bertz CT molecular complexity index is 784. The minimum absolute atomic E-state index is 0.0427. The number of rotatable bonds is 5. The van der Waals surface area contributed by atoms with Crippen molar-refractivity contribution in [2.45, 2.75) is 58.0 Å². The molecular formula is C22H27NO3S. The van der Waals surface area contributed by atoms with E-state index in [1.165, 1.54) is 29.7 Å².